The molecule has 0 bridgehead atoms. The number of carbonyl (C=O) groups is 1. The molecule has 0 atom stereocenters. The minimum absolute atomic E-state index is 0.121. The number of nitrogens with zero attached hydrogens (tertiary/aromatic N) is 3. The molecular weight excluding hydrogens is 412 g/mol. The summed E-state index contributed by atoms with van der Waals surface area (Å²) in [5.74, 6) is 0.650. The third kappa shape index (κ3) is 6.11. The molecule has 2 aromatic carbocycles. The summed E-state index contributed by atoms with van der Waals surface area (Å²) in [6.07, 6.45) is 1.86. The molecule has 172 valence electrons. The van der Waals surface area contributed by atoms with E-state index in [2.05, 4.69) is 39.5 Å². The van der Waals surface area contributed by atoms with Crippen LogP contribution in [0.2, 0.25) is 0 Å². The van der Waals surface area contributed by atoms with Crippen LogP contribution in [0, 0.1) is 6.92 Å². The number of carbonyl (C=O) groups excluding carboxylic acids is 1. The van der Waals surface area contributed by atoms with Crippen LogP contribution in [-0.4, -0.2) is 47.1 Å². The number of aryl methyl sites for hydroxylation is 1. The molecule has 1 aliphatic rings. The molecule has 33 heavy (non-hydrogen) atoms. The molecule has 2 heterocycles. The Morgan fingerprint density at radius 3 is 2.48 bits per heavy atom. The van der Waals surface area contributed by atoms with Gasteiger partial charge in [-0.25, -0.2) is 4.79 Å². The first kappa shape index (κ1) is 22.8. The number of hydrogen-bond donors (Lipinski definition) is 1. The number of aromatic nitrogens is 1. The van der Waals surface area contributed by atoms with Gasteiger partial charge in [0.25, 0.3) is 0 Å². The topological polar surface area (TPSA) is 57.7 Å². The van der Waals surface area contributed by atoms with E-state index in [1.54, 1.807) is 7.11 Å². The van der Waals surface area contributed by atoms with Gasteiger partial charge in [0.05, 0.1) is 25.0 Å². The van der Waals surface area contributed by atoms with Gasteiger partial charge in [0.2, 0.25) is 0 Å². The Labute approximate surface area is 196 Å². The normalized spacial score (nSPS) is 14.6. The van der Waals surface area contributed by atoms with E-state index < -0.39 is 0 Å². The van der Waals surface area contributed by atoms with E-state index in [0.717, 1.165) is 43.9 Å². The predicted octanol–water partition coefficient (Wildman–Crippen LogP) is 5.10. The van der Waals surface area contributed by atoms with Crippen molar-refractivity contribution >= 4 is 11.7 Å². The van der Waals surface area contributed by atoms with Gasteiger partial charge >= 0.3 is 6.03 Å². The van der Waals surface area contributed by atoms with E-state index in [0.29, 0.717) is 18.0 Å². The molecule has 1 aromatic heterocycles. The second-order valence-corrected chi connectivity index (χ2v) is 8.52. The maximum atomic E-state index is 13.5. The maximum absolute atomic E-state index is 13.5. The third-order valence-corrected chi connectivity index (χ3v) is 6.13. The number of rotatable bonds is 7. The largest absolute Gasteiger partial charge is 0.495 e. The zero-order valence-electron chi connectivity index (χ0n) is 19.4. The summed E-state index contributed by atoms with van der Waals surface area (Å²) in [6.45, 7) is 5.32. The number of pyridine rings is 1. The number of methoxy groups -OCH3 is 1. The molecule has 0 unspecified atom stereocenters. The van der Waals surface area contributed by atoms with Gasteiger partial charge in [-0.1, -0.05) is 48.5 Å². The first-order valence-electron chi connectivity index (χ1n) is 11.5. The van der Waals surface area contributed by atoms with Crippen LogP contribution < -0.4 is 10.1 Å². The van der Waals surface area contributed by atoms with Crippen molar-refractivity contribution < 1.29 is 9.53 Å². The highest BCUT2D eigenvalue weighted by Crippen LogP contribution is 2.26. The predicted molar refractivity (Wildman–Crippen MR) is 131 cm³/mol. The number of urea groups is 1. The Balaban J connectivity index is 1.47. The van der Waals surface area contributed by atoms with Crippen molar-refractivity contribution in [1.29, 1.82) is 0 Å². The quantitative estimate of drug-likeness (QED) is 0.551. The van der Waals surface area contributed by atoms with E-state index in [1.165, 1.54) is 5.56 Å². The van der Waals surface area contributed by atoms with Gasteiger partial charge in [0.15, 0.2) is 0 Å². The number of benzene rings is 2. The zero-order valence-corrected chi connectivity index (χ0v) is 19.4. The fourth-order valence-corrected chi connectivity index (χ4v) is 4.39. The number of para-hydroxylation sites is 2. The van der Waals surface area contributed by atoms with E-state index in [9.17, 15) is 4.79 Å². The van der Waals surface area contributed by atoms with E-state index in [4.69, 9.17) is 4.74 Å². The number of piperidine rings is 1. The summed E-state index contributed by atoms with van der Waals surface area (Å²) < 4.78 is 5.42. The number of anilines is 1. The Morgan fingerprint density at radius 2 is 1.76 bits per heavy atom. The Kier molecular flexibility index (Phi) is 7.58. The van der Waals surface area contributed by atoms with E-state index in [-0.39, 0.29) is 12.1 Å². The summed E-state index contributed by atoms with van der Waals surface area (Å²) in [5, 5.41) is 3.07. The smallest absolute Gasteiger partial charge is 0.322 e. The lowest BCUT2D eigenvalue weighted by Gasteiger charge is -2.38. The first-order valence-corrected chi connectivity index (χ1v) is 11.5. The molecule has 1 N–H and O–H groups in total. The molecule has 6 nitrogen and oxygen atoms in total. The van der Waals surface area contributed by atoms with Gasteiger partial charge in [-0.3, -0.25) is 9.88 Å². The van der Waals surface area contributed by atoms with Crippen LogP contribution in [0.25, 0.3) is 0 Å². The fraction of sp³-hybridized carbons (Fsp3) is 0.333. The lowest BCUT2D eigenvalue weighted by Crippen LogP contribution is -2.48. The molecule has 0 radical (unpaired) electrons. The molecule has 1 saturated heterocycles. The van der Waals surface area contributed by atoms with Gasteiger partial charge in [-0.15, -0.1) is 0 Å². The first-order chi connectivity index (χ1) is 16.1. The maximum Gasteiger partial charge on any atom is 0.322 e. The lowest BCUT2D eigenvalue weighted by molar-refractivity contribution is 0.119. The van der Waals surface area contributed by atoms with Crippen molar-refractivity contribution in [3.05, 3.63) is 89.7 Å². The average molecular weight is 445 g/mol. The van der Waals surface area contributed by atoms with Gasteiger partial charge in [0, 0.05) is 31.4 Å². The van der Waals surface area contributed by atoms with Crippen molar-refractivity contribution in [2.24, 2.45) is 0 Å². The van der Waals surface area contributed by atoms with Gasteiger partial charge < -0.3 is 15.0 Å². The molecule has 0 spiro atoms. The minimum Gasteiger partial charge on any atom is -0.495 e. The van der Waals surface area contributed by atoms with Gasteiger partial charge in [-0.05, 0) is 49.6 Å². The Morgan fingerprint density at radius 1 is 1.03 bits per heavy atom. The Bertz CT molecular complexity index is 1050. The molecule has 2 amide bonds. The molecule has 1 aliphatic heterocycles. The molecule has 0 saturated carbocycles. The summed E-state index contributed by atoms with van der Waals surface area (Å²) in [4.78, 5) is 22.5. The summed E-state index contributed by atoms with van der Waals surface area (Å²) in [6, 6.07) is 24.0. The molecule has 4 rings (SSSR count). The molecule has 1 fully saturated rings. The molecule has 3 aromatic rings. The second-order valence-electron chi connectivity index (χ2n) is 8.52. The van der Waals surface area contributed by atoms with Crippen LogP contribution in [0.4, 0.5) is 10.5 Å². The van der Waals surface area contributed by atoms with Crippen LogP contribution >= 0.6 is 0 Å². The number of amides is 2. The van der Waals surface area contributed by atoms with Crippen LogP contribution in [-0.2, 0) is 13.1 Å². The lowest BCUT2D eigenvalue weighted by atomic mass is 10.0. The standard InChI is InChI=1S/C27H32N4O2/c1-21-9-8-12-23(28-21)20-31(27(32)29-25-13-6-7-14-26(25)33-2)24-15-17-30(18-16-24)19-22-10-4-3-5-11-22/h3-14,24H,15-20H2,1-2H3,(H,29,32). The average Bonchev–Trinajstić information content (AvgIpc) is 2.84. The summed E-state index contributed by atoms with van der Waals surface area (Å²) in [7, 11) is 1.61. The number of hydrogen-bond acceptors (Lipinski definition) is 4. The van der Waals surface area contributed by atoms with Gasteiger partial charge in [0.1, 0.15) is 5.75 Å². The number of ether oxygens (including phenoxy) is 1. The Hall–Kier alpha value is -3.38. The zero-order chi connectivity index (χ0) is 23.0. The summed E-state index contributed by atoms with van der Waals surface area (Å²) >= 11 is 0. The van der Waals surface area contributed by atoms with Crippen molar-refractivity contribution in [3.8, 4) is 5.75 Å². The van der Waals surface area contributed by atoms with Crippen LogP contribution in [0.1, 0.15) is 29.8 Å². The minimum atomic E-state index is -0.121. The second kappa shape index (κ2) is 11.0. The molecular formula is C27H32N4O2. The van der Waals surface area contributed by atoms with Crippen LogP contribution in [0.3, 0.4) is 0 Å². The number of likely N-dealkylation sites (tertiary alicyclic amines) is 1. The van der Waals surface area contributed by atoms with E-state index >= 15 is 0 Å². The highest BCUT2D eigenvalue weighted by Gasteiger charge is 2.29. The summed E-state index contributed by atoms with van der Waals surface area (Å²) in [5.41, 5.74) is 3.85. The fourth-order valence-electron chi connectivity index (χ4n) is 4.39. The van der Waals surface area contributed by atoms with E-state index in [1.807, 2.05) is 60.4 Å². The highest BCUT2D eigenvalue weighted by atomic mass is 16.5. The SMILES string of the molecule is COc1ccccc1NC(=O)N(Cc1cccc(C)n1)C1CCN(Cc2ccccc2)CC1. The van der Waals surface area contributed by atoms with Crippen molar-refractivity contribution in [2.45, 2.75) is 38.9 Å². The van der Waals surface area contributed by atoms with Crippen molar-refractivity contribution in [1.82, 2.24) is 14.8 Å². The molecule has 6 heteroatoms. The monoisotopic (exact) mass is 444 g/mol. The molecule has 0 aliphatic carbocycles. The van der Waals surface area contributed by atoms with Crippen LogP contribution in [0.15, 0.2) is 72.8 Å². The van der Waals surface area contributed by atoms with Crippen molar-refractivity contribution in [3.63, 3.8) is 0 Å². The highest BCUT2D eigenvalue weighted by molar-refractivity contribution is 5.91. The van der Waals surface area contributed by atoms with Crippen LogP contribution in [0.5, 0.6) is 5.75 Å². The van der Waals surface area contributed by atoms with Gasteiger partial charge in [-0.2, -0.15) is 0 Å². The van der Waals surface area contributed by atoms with Crippen molar-refractivity contribution in [2.75, 3.05) is 25.5 Å². The number of nitrogens with one attached hydrogen (secondary N) is 1. The third-order valence-electron chi connectivity index (χ3n) is 6.13.